The molecule has 0 saturated heterocycles. The third-order valence-electron chi connectivity index (χ3n) is 2.53. The van der Waals surface area contributed by atoms with Crippen molar-refractivity contribution in [3.05, 3.63) is 18.0 Å². The van der Waals surface area contributed by atoms with Gasteiger partial charge in [-0.05, 0) is 26.8 Å². The molecular formula is C11H21N3. The first-order chi connectivity index (χ1) is 6.45. The second kappa shape index (κ2) is 4.13. The first-order valence-electron chi connectivity index (χ1n) is 5.17. The highest BCUT2D eigenvalue weighted by atomic mass is 15.3. The first kappa shape index (κ1) is 11.2. The lowest BCUT2D eigenvalue weighted by molar-refractivity contribution is 0.441. The van der Waals surface area contributed by atoms with Gasteiger partial charge in [0, 0.05) is 23.8 Å². The third-order valence-corrected chi connectivity index (χ3v) is 2.53. The monoisotopic (exact) mass is 195 g/mol. The van der Waals surface area contributed by atoms with Gasteiger partial charge in [-0.1, -0.05) is 13.8 Å². The van der Waals surface area contributed by atoms with E-state index in [-0.39, 0.29) is 5.54 Å². The standard InChI is InChI=1S/C11H21N3/c1-9(2)7-14-8-10(6-13-14)11(3,4)12-5/h6,8-9,12H,7H2,1-5H3. The zero-order valence-corrected chi connectivity index (χ0v) is 9.83. The van der Waals surface area contributed by atoms with Crippen molar-refractivity contribution in [3.8, 4) is 0 Å². The molecule has 0 aliphatic heterocycles. The molecule has 80 valence electrons. The zero-order chi connectivity index (χ0) is 10.8. The van der Waals surface area contributed by atoms with Gasteiger partial charge in [-0.3, -0.25) is 4.68 Å². The van der Waals surface area contributed by atoms with Crippen molar-refractivity contribution in [3.63, 3.8) is 0 Å². The van der Waals surface area contributed by atoms with Crippen LogP contribution in [0, 0.1) is 5.92 Å². The molecule has 1 heterocycles. The number of nitrogens with zero attached hydrogens (tertiary/aromatic N) is 2. The Hall–Kier alpha value is -0.830. The molecule has 0 aliphatic carbocycles. The summed E-state index contributed by atoms with van der Waals surface area (Å²) < 4.78 is 2.01. The lowest BCUT2D eigenvalue weighted by Gasteiger charge is -2.22. The summed E-state index contributed by atoms with van der Waals surface area (Å²) in [6.07, 6.45) is 4.06. The Balaban J connectivity index is 2.77. The number of aromatic nitrogens is 2. The Morgan fingerprint density at radius 2 is 2.14 bits per heavy atom. The quantitative estimate of drug-likeness (QED) is 0.796. The molecule has 0 saturated carbocycles. The maximum atomic E-state index is 4.35. The van der Waals surface area contributed by atoms with E-state index in [4.69, 9.17) is 0 Å². The van der Waals surface area contributed by atoms with E-state index in [1.807, 2.05) is 17.9 Å². The van der Waals surface area contributed by atoms with E-state index in [1.165, 1.54) is 5.56 Å². The SMILES string of the molecule is CNC(C)(C)c1cnn(CC(C)C)c1. The number of hydrogen-bond donors (Lipinski definition) is 1. The van der Waals surface area contributed by atoms with Crippen LogP contribution in [-0.4, -0.2) is 16.8 Å². The minimum atomic E-state index is 0.00916. The van der Waals surface area contributed by atoms with Crippen molar-refractivity contribution in [2.75, 3.05) is 7.05 Å². The van der Waals surface area contributed by atoms with Gasteiger partial charge in [0.25, 0.3) is 0 Å². The minimum Gasteiger partial charge on any atom is -0.311 e. The van der Waals surface area contributed by atoms with Crippen LogP contribution in [0.4, 0.5) is 0 Å². The van der Waals surface area contributed by atoms with Crippen LogP contribution in [0.3, 0.4) is 0 Å². The second-order valence-corrected chi connectivity index (χ2v) is 4.72. The second-order valence-electron chi connectivity index (χ2n) is 4.72. The molecular weight excluding hydrogens is 174 g/mol. The van der Waals surface area contributed by atoms with Crippen molar-refractivity contribution in [2.24, 2.45) is 5.92 Å². The highest BCUT2D eigenvalue weighted by molar-refractivity contribution is 5.15. The fourth-order valence-electron chi connectivity index (χ4n) is 1.30. The van der Waals surface area contributed by atoms with Crippen LogP contribution in [0.25, 0.3) is 0 Å². The minimum absolute atomic E-state index is 0.00916. The number of rotatable bonds is 4. The Morgan fingerprint density at radius 1 is 1.50 bits per heavy atom. The number of nitrogens with one attached hydrogen (secondary N) is 1. The molecule has 1 rings (SSSR count). The summed E-state index contributed by atoms with van der Waals surface area (Å²) in [5.41, 5.74) is 1.25. The fraction of sp³-hybridized carbons (Fsp3) is 0.727. The molecule has 0 spiro atoms. The Kier molecular flexibility index (Phi) is 3.32. The van der Waals surface area contributed by atoms with Gasteiger partial charge in [-0.2, -0.15) is 5.10 Å². The summed E-state index contributed by atoms with van der Waals surface area (Å²) in [5, 5.41) is 7.62. The summed E-state index contributed by atoms with van der Waals surface area (Å²) >= 11 is 0. The van der Waals surface area contributed by atoms with Gasteiger partial charge in [0.05, 0.1) is 6.20 Å². The van der Waals surface area contributed by atoms with Gasteiger partial charge in [0.15, 0.2) is 0 Å². The van der Waals surface area contributed by atoms with Crippen LogP contribution in [-0.2, 0) is 12.1 Å². The lowest BCUT2D eigenvalue weighted by atomic mass is 9.98. The lowest BCUT2D eigenvalue weighted by Crippen LogP contribution is -2.32. The highest BCUT2D eigenvalue weighted by Gasteiger charge is 2.19. The predicted octanol–water partition coefficient (Wildman–Crippen LogP) is 1.99. The molecule has 1 aromatic heterocycles. The van der Waals surface area contributed by atoms with Gasteiger partial charge in [-0.25, -0.2) is 0 Å². The third kappa shape index (κ3) is 2.58. The molecule has 0 fully saturated rings. The van der Waals surface area contributed by atoms with Crippen LogP contribution in [0.1, 0.15) is 33.3 Å². The fourth-order valence-corrected chi connectivity index (χ4v) is 1.30. The molecule has 0 amide bonds. The van der Waals surface area contributed by atoms with Gasteiger partial charge in [-0.15, -0.1) is 0 Å². The summed E-state index contributed by atoms with van der Waals surface area (Å²) in [5.74, 6) is 0.639. The number of hydrogen-bond acceptors (Lipinski definition) is 2. The average molecular weight is 195 g/mol. The maximum Gasteiger partial charge on any atom is 0.0540 e. The first-order valence-corrected chi connectivity index (χ1v) is 5.17. The molecule has 0 atom stereocenters. The molecule has 14 heavy (non-hydrogen) atoms. The van der Waals surface area contributed by atoms with E-state index in [0.717, 1.165) is 6.54 Å². The normalized spacial score (nSPS) is 12.4. The summed E-state index contributed by atoms with van der Waals surface area (Å²) in [6, 6.07) is 0. The van der Waals surface area contributed by atoms with Crippen molar-refractivity contribution in [1.29, 1.82) is 0 Å². The van der Waals surface area contributed by atoms with Crippen LogP contribution < -0.4 is 5.32 Å². The van der Waals surface area contributed by atoms with Crippen LogP contribution in [0.15, 0.2) is 12.4 Å². The Morgan fingerprint density at radius 3 is 2.64 bits per heavy atom. The summed E-state index contributed by atoms with van der Waals surface area (Å²) in [4.78, 5) is 0. The van der Waals surface area contributed by atoms with Crippen molar-refractivity contribution in [2.45, 2.75) is 39.8 Å². The zero-order valence-electron chi connectivity index (χ0n) is 9.83. The van der Waals surface area contributed by atoms with Crippen LogP contribution >= 0.6 is 0 Å². The average Bonchev–Trinajstić information content (AvgIpc) is 2.52. The van der Waals surface area contributed by atoms with Crippen LogP contribution in [0.2, 0.25) is 0 Å². The maximum absolute atomic E-state index is 4.35. The van der Waals surface area contributed by atoms with Gasteiger partial charge in [0.1, 0.15) is 0 Å². The van der Waals surface area contributed by atoms with E-state index in [9.17, 15) is 0 Å². The van der Waals surface area contributed by atoms with Crippen molar-refractivity contribution < 1.29 is 0 Å². The molecule has 1 aromatic rings. The largest absolute Gasteiger partial charge is 0.311 e. The molecule has 0 aliphatic rings. The van der Waals surface area contributed by atoms with Crippen LogP contribution in [0.5, 0.6) is 0 Å². The summed E-state index contributed by atoms with van der Waals surface area (Å²) in [7, 11) is 1.97. The topological polar surface area (TPSA) is 29.9 Å². The molecule has 0 radical (unpaired) electrons. The van der Waals surface area contributed by atoms with Crippen molar-refractivity contribution in [1.82, 2.24) is 15.1 Å². The molecule has 0 aromatic carbocycles. The van der Waals surface area contributed by atoms with E-state index in [2.05, 4.69) is 44.3 Å². The van der Waals surface area contributed by atoms with Gasteiger partial charge in [0.2, 0.25) is 0 Å². The van der Waals surface area contributed by atoms with Gasteiger partial charge < -0.3 is 5.32 Å². The van der Waals surface area contributed by atoms with Gasteiger partial charge >= 0.3 is 0 Å². The Labute approximate surface area is 86.5 Å². The van der Waals surface area contributed by atoms with E-state index >= 15 is 0 Å². The Bertz CT molecular complexity index is 286. The van der Waals surface area contributed by atoms with Crippen molar-refractivity contribution >= 4 is 0 Å². The van der Waals surface area contributed by atoms with E-state index in [1.54, 1.807) is 0 Å². The molecule has 3 nitrogen and oxygen atoms in total. The smallest absolute Gasteiger partial charge is 0.0540 e. The highest BCUT2D eigenvalue weighted by Crippen LogP contribution is 2.18. The molecule has 1 N–H and O–H groups in total. The molecule has 3 heteroatoms. The predicted molar refractivity (Wildman–Crippen MR) is 59.2 cm³/mol. The summed E-state index contributed by atoms with van der Waals surface area (Å²) in [6.45, 7) is 9.70. The van der Waals surface area contributed by atoms with E-state index in [0.29, 0.717) is 5.92 Å². The molecule has 0 bridgehead atoms. The molecule has 0 unspecified atom stereocenters. The van der Waals surface area contributed by atoms with E-state index < -0.39 is 0 Å².